The number of hydrogen-bond donors (Lipinski definition) is 0. The molecular formula is C30H42F4O. The van der Waals surface area contributed by atoms with Crippen molar-refractivity contribution in [1.82, 2.24) is 0 Å². The zero-order valence-electron chi connectivity index (χ0n) is 21.4. The van der Waals surface area contributed by atoms with Crippen LogP contribution >= 0.6 is 0 Å². The molecule has 1 aromatic carbocycles. The van der Waals surface area contributed by atoms with E-state index in [2.05, 4.69) is 19.1 Å². The van der Waals surface area contributed by atoms with Gasteiger partial charge in [-0.3, -0.25) is 0 Å². The highest BCUT2D eigenvalue weighted by Crippen LogP contribution is 2.42. The lowest BCUT2D eigenvalue weighted by Crippen LogP contribution is -2.25. The molecule has 0 unspecified atom stereocenters. The minimum atomic E-state index is -4.76. The fourth-order valence-corrected chi connectivity index (χ4v) is 6.68. The van der Waals surface area contributed by atoms with Gasteiger partial charge >= 0.3 is 6.18 Å². The van der Waals surface area contributed by atoms with Gasteiger partial charge in [0.15, 0.2) is 0 Å². The summed E-state index contributed by atoms with van der Waals surface area (Å²) in [7, 11) is 0. The van der Waals surface area contributed by atoms with Gasteiger partial charge in [0.05, 0.1) is 6.61 Å². The van der Waals surface area contributed by atoms with Gasteiger partial charge in [-0.25, -0.2) is 4.39 Å². The normalized spacial score (nSPS) is 32.6. The number of ether oxygens (including phenoxy) is 1. The molecule has 3 aliphatic carbocycles. The second-order valence-electron chi connectivity index (χ2n) is 11.7. The van der Waals surface area contributed by atoms with E-state index in [0.29, 0.717) is 11.8 Å². The molecule has 0 radical (unpaired) electrons. The van der Waals surface area contributed by atoms with Crippen LogP contribution in [-0.4, -0.2) is 6.61 Å². The highest BCUT2D eigenvalue weighted by atomic mass is 19.4. The van der Waals surface area contributed by atoms with E-state index in [-0.39, 0.29) is 23.8 Å². The number of halogens is 4. The van der Waals surface area contributed by atoms with Crippen LogP contribution in [0.4, 0.5) is 17.6 Å². The summed E-state index contributed by atoms with van der Waals surface area (Å²) in [6.45, 7) is 3.95. The van der Waals surface area contributed by atoms with Crippen molar-refractivity contribution >= 4 is 0 Å². The first-order valence-corrected chi connectivity index (χ1v) is 13.9. The zero-order chi connectivity index (χ0) is 25.0. The Morgan fingerprint density at radius 2 is 1.31 bits per heavy atom. The number of benzene rings is 1. The van der Waals surface area contributed by atoms with Crippen LogP contribution in [0.25, 0.3) is 0 Å². The summed E-state index contributed by atoms with van der Waals surface area (Å²) in [6.07, 6.45) is 15.2. The van der Waals surface area contributed by atoms with Gasteiger partial charge in [-0.2, -0.15) is 13.2 Å². The molecule has 0 N–H and O–H groups in total. The highest BCUT2D eigenvalue weighted by Gasteiger charge is 2.39. The van der Waals surface area contributed by atoms with E-state index in [1.807, 2.05) is 0 Å². The van der Waals surface area contributed by atoms with E-state index in [1.165, 1.54) is 70.4 Å². The number of allylic oxidation sites excluding steroid dienone is 2. The Morgan fingerprint density at radius 1 is 0.800 bits per heavy atom. The number of hydrogen-bond acceptors (Lipinski definition) is 1. The molecular weight excluding hydrogens is 452 g/mol. The maximum absolute atomic E-state index is 14.1. The van der Waals surface area contributed by atoms with E-state index in [0.717, 1.165) is 43.4 Å². The van der Waals surface area contributed by atoms with Crippen molar-refractivity contribution < 1.29 is 22.3 Å². The molecule has 35 heavy (non-hydrogen) atoms. The maximum atomic E-state index is 14.1. The molecule has 196 valence electrons. The lowest BCUT2D eigenvalue weighted by atomic mass is 9.69. The molecule has 0 aliphatic heterocycles. The number of aryl methyl sites for hydroxylation is 1. The molecule has 3 fully saturated rings. The fraction of sp³-hybridized carbons (Fsp3) is 0.733. The van der Waals surface area contributed by atoms with Gasteiger partial charge in [-0.1, -0.05) is 38.0 Å². The van der Waals surface area contributed by atoms with Crippen molar-refractivity contribution in [2.45, 2.75) is 97.1 Å². The molecule has 5 heteroatoms. The second-order valence-corrected chi connectivity index (χ2v) is 11.7. The molecule has 0 amide bonds. The minimum absolute atomic E-state index is 0.0194. The van der Waals surface area contributed by atoms with Crippen LogP contribution in [0.3, 0.4) is 0 Å². The van der Waals surface area contributed by atoms with Gasteiger partial charge in [-0.05, 0) is 118 Å². The molecule has 3 aliphatic rings. The van der Waals surface area contributed by atoms with Crippen LogP contribution in [0.2, 0.25) is 0 Å². The topological polar surface area (TPSA) is 9.23 Å². The minimum Gasteiger partial charge on any atom is -0.493 e. The lowest BCUT2D eigenvalue weighted by Gasteiger charge is -2.36. The number of rotatable bonds is 6. The summed E-state index contributed by atoms with van der Waals surface area (Å²) in [5.41, 5.74) is -1.30. The highest BCUT2D eigenvalue weighted by molar-refractivity contribution is 5.40. The third kappa shape index (κ3) is 7.04. The predicted octanol–water partition coefficient (Wildman–Crippen LogP) is 9.53. The SMILES string of the molecule is Cc1ccc(OCC2CCC(/C=C/C3CCC(C4CCC(C)CC4)CC3)CC2)c(C(F)(F)F)c1F. The predicted molar refractivity (Wildman–Crippen MR) is 133 cm³/mol. The molecule has 4 rings (SSSR count). The molecule has 0 saturated heterocycles. The van der Waals surface area contributed by atoms with E-state index in [1.54, 1.807) is 0 Å². The summed E-state index contributed by atoms with van der Waals surface area (Å²) in [4.78, 5) is 0. The lowest BCUT2D eigenvalue weighted by molar-refractivity contribution is -0.141. The standard InChI is InChI=1S/C30H42F4O/c1-20-3-14-25(15-4-20)26-16-12-23(13-17-26)7-6-22-8-10-24(11-9-22)19-35-27-18-5-21(2)29(31)28(27)30(32,33)34/h5-7,18,20,22-26H,3-4,8-17,19H2,1-2H3/b7-6+. The third-order valence-corrected chi connectivity index (χ3v) is 9.15. The Hall–Kier alpha value is -1.52. The van der Waals surface area contributed by atoms with Crippen molar-refractivity contribution in [1.29, 1.82) is 0 Å². The first-order chi connectivity index (χ1) is 16.7. The number of alkyl halides is 3. The third-order valence-electron chi connectivity index (χ3n) is 9.15. The Balaban J connectivity index is 1.19. The first-order valence-electron chi connectivity index (χ1n) is 13.9. The van der Waals surface area contributed by atoms with Crippen molar-refractivity contribution in [2.24, 2.45) is 35.5 Å². The molecule has 0 spiro atoms. The average Bonchev–Trinajstić information content (AvgIpc) is 2.84. The van der Waals surface area contributed by atoms with Crippen LogP contribution in [0.1, 0.15) is 95.1 Å². The molecule has 1 nitrogen and oxygen atoms in total. The van der Waals surface area contributed by atoms with Crippen molar-refractivity contribution in [3.05, 3.63) is 41.2 Å². The van der Waals surface area contributed by atoms with Gasteiger partial charge in [0.25, 0.3) is 0 Å². The molecule has 0 heterocycles. The summed E-state index contributed by atoms with van der Waals surface area (Å²) in [5.74, 6) is 2.72. The van der Waals surface area contributed by atoms with Crippen LogP contribution in [0.15, 0.2) is 24.3 Å². The summed E-state index contributed by atoms with van der Waals surface area (Å²) < 4.78 is 59.7. The largest absolute Gasteiger partial charge is 0.493 e. The molecule has 0 atom stereocenters. The Labute approximate surface area is 208 Å². The van der Waals surface area contributed by atoms with Crippen molar-refractivity contribution in [3.8, 4) is 5.75 Å². The van der Waals surface area contributed by atoms with Crippen LogP contribution in [0.5, 0.6) is 5.75 Å². The average molecular weight is 495 g/mol. The summed E-state index contributed by atoms with van der Waals surface area (Å²) in [6, 6.07) is 2.60. The molecule has 0 bridgehead atoms. The monoisotopic (exact) mass is 494 g/mol. The molecule has 0 aromatic heterocycles. The Bertz CT molecular complexity index is 837. The van der Waals surface area contributed by atoms with Crippen molar-refractivity contribution in [2.75, 3.05) is 6.61 Å². The van der Waals surface area contributed by atoms with E-state index >= 15 is 0 Å². The van der Waals surface area contributed by atoms with Gasteiger partial charge in [0, 0.05) is 0 Å². The molecule has 3 saturated carbocycles. The summed E-state index contributed by atoms with van der Waals surface area (Å²) in [5, 5.41) is 0. The van der Waals surface area contributed by atoms with Crippen LogP contribution < -0.4 is 4.74 Å². The van der Waals surface area contributed by atoms with E-state index < -0.39 is 17.6 Å². The quantitative estimate of drug-likeness (QED) is 0.283. The van der Waals surface area contributed by atoms with E-state index in [4.69, 9.17) is 4.74 Å². The Kier molecular flexibility index (Phi) is 8.86. The van der Waals surface area contributed by atoms with Gasteiger partial charge in [-0.15, -0.1) is 0 Å². The zero-order valence-corrected chi connectivity index (χ0v) is 21.4. The molecule has 1 aromatic rings. The maximum Gasteiger partial charge on any atom is 0.422 e. The van der Waals surface area contributed by atoms with Crippen molar-refractivity contribution in [3.63, 3.8) is 0 Å². The fourth-order valence-electron chi connectivity index (χ4n) is 6.68. The van der Waals surface area contributed by atoms with Gasteiger partial charge in [0.2, 0.25) is 0 Å². The van der Waals surface area contributed by atoms with E-state index in [9.17, 15) is 17.6 Å². The van der Waals surface area contributed by atoms with Crippen LogP contribution in [-0.2, 0) is 6.18 Å². The Morgan fingerprint density at radius 3 is 1.86 bits per heavy atom. The van der Waals surface area contributed by atoms with Gasteiger partial charge < -0.3 is 4.74 Å². The first kappa shape index (κ1) is 26.5. The van der Waals surface area contributed by atoms with Gasteiger partial charge in [0.1, 0.15) is 17.1 Å². The smallest absolute Gasteiger partial charge is 0.422 e. The van der Waals surface area contributed by atoms with Crippen LogP contribution in [0, 0.1) is 48.2 Å². The second kappa shape index (κ2) is 11.7. The summed E-state index contributed by atoms with van der Waals surface area (Å²) >= 11 is 0.